The Morgan fingerprint density at radius 2 is 1.90 bits per heavy atom. The predicted molar refractivity (Wildman–Crippen MR) is 79.9 cm³/mol. The maximum absolute atomic E-state index is 12.6. The van der Waals surface area contributed by atoms with Crippen LogP contribution >= 0.6 is 11.3 Å². The normalized spacial score (nSPS) is 38.1. The van der Waals surface area contributed by atoms with Crippen LogP contribution in [0.15, 0.2) is 5.51 Å². The van der Waals surface area contributed by atoms with E-state index in [1.807, 2.05) is 0 Å². The van der Waals surface area contributed by atoms with Crippen LogP contribution in [0.25, 0.3) is 0 Å². The van der Waals surface area contributed by atoms with Crippen LogP contribution in [0.5, 0.6) is 0 Å². The third-order valence-electron chi connectivity index (χ3n) is 5.60. The highest BCUT2D eigenvalue weighted by molar-refractivity contribution is 7.11. The highest BCUT2D eigenvalue weighted by atomic mass is 32.1. The molecule has 1 aromatic rings. The monoisotopic (exact) mass is 290 g/mol. The van der Waals surface area contributed by atoms with Gasteiger partial charge in [0.25, 0.3) is 5.91 Å². The quantitative estimate of drug-likeness (QED) is 0.927. The molecular weight excluding hydrogens is 268 g/mol. The van der Waals surface area contributed by atoms with Crippen LogP contribution in [0.3, 0.4) is 0 Å². The first kappa shape index (κ1) is 12.8. The van der Waals surface area contributed by atoms with E-state index in [4.69, 9.17) is 0 Å². The third kappa shape index (κ3) is 2.00. The number of aryl methyl sites for hydroxylation is 1. The molecule has 4 heteroatoms. The van der Waals surface area contributed by atoms with Crippen LogP contribution in [-0.2, 0) is 6.42 Å². The van der Waals surface area contributed by atoms with Gasteiger partial charge >= 0.3 is 0 Å². The SMILES string of the molecule is CCc1ncsc1C(=O)NC12CC3CC(CC(C3)C1)C2. The van der Waals surface area contributed by atoms with Crippen molar-refractivity contribution in [3.63, 3.8) is 0 Å². The summed E-state index contributed by atoms with van der Waals surface area (Å²) in [6.45, 7) is 2.07. The van der Waals surface area contributed by atoms with Crippen LogP contribution in [0.2, 0.25) is 0 Å². The van der Waals surface area contributed by atoms with Crippen molar-refractivity contribution in [1.82, 2.24) is 10.3 Å². The second-order valence-corrected chi connectivity index (χ2v) is 7.99. The maximum atomic E-state index is 12.6. The molecule has 1 aromatic heterocycles. The summed E-state index contributed by atoms with van der Waals surface area (Å²) in [5, 5.41) is 3.43. The Labute approximate surface area is 124 Å². The van der Waals surface area contributed by atoms with E-state index in [2.05, 4.69) is 17.2 Å². The summed E-state index contributed by atoms with van der Waals surface area (Å²) in [6.07, 6.45) is 8.72. The van der Waals surface area contributed by atoms with Crippen molar-refractivity contribution >= 4 is 17.2 Å². The van der Waals surface area contributed by atoms with Crippen molar-refractivity contribution in [3.05, 3.63) is 16.1 Å². The lowest BCUT2D eigenvalue weighted by Gasteiger charge is -2.56. The van der Waals surface area contributed by atoms with Gasteiger partial charge in [0.2, 0.25) is 0 Å². The Kier molecular flexibility index (Phi) is 2.92. The number of carbonyl (C=O) groups excluding carboxylic acids is 1. The van der Waals surface area contributed by atoms with Crippen molar-refractivity contribution in [1.29, 1.82) is 0 Å². The number of hydrogen-bond acceptors (Lipinski definition) is 3. The number of rotatable bonds is 3. The first-order valence-electron chi connectivity index (χ1n) is 7.92. The first-order valence-corrected chi connectivity index (χ1v) is 8.80. The Morgan fingerprint density at radius 3 is 2.45 bits per heavy atom. The summed E-state index contributed by atoms with van der Waals surface area (Å²) in [4.78, 5) is 17.8. The molecular formula is C16H22N2OS. The summed E-state index contributed by atoms with van der Waals surface area (Å²) < 4.78 is 0. The number of nitrogens with zero attached hydrogens (tertiary/aromatic N) is 1. The van der Waals surface area contributed by atoms with E-state index < -0.39 is 0 Å². The molecule has 4 aliphatic carbocycles. The summed E-state index contributed by atoms with van der Waals surface area (Å²) in [5.41, 5.74) is 2.87. The van der Waals surface area contributed by atoms with Crippen LogP contribution in [0, 0.1) is 17.8 Å². The Morgan fingerprint density at radius 1 is 1.30 bits per heavy atom. The van der Waals surface area contributed by atoms with Gasteiger partial charge in [0.15, 0.2) is 0 Å². The van der Waals surface area contributed by atoms with Gasteiger partial charge in [0, 0.05) is 5.54 Å². The van der Waals surface area contributed by atoms with Crippen LogP contribution < -0.4 is 5.32 Å². The molecule has 0 saturated heterocycles. The van der Waals surface area contributed by atoms with Gasteiger partial charge in [-0.15, -0.1) is 11.3 Å². The van der Waals surface area contributed by atoms with Crippen molar-refractivity contribution < 1.29 is 4.79 Å². The third-order valence-corrected chi connectivity index (χ3v) is 6.47. The van der Waals surface area contributed by atoms with E-state index in [1.165, 1.54) is 49.9 Å². The molecule has 1 N–H and O–H groups in total. The molecule has 108 valence electrons. The molecule has 0 radical (unpaired) electrons. The fraction of sp³-hybridized carbons (Fsp3) is 0.750. The molecule has 0 aliphatic heterocycles. The minimum atomic E-state index is 0.112. The Bertz CT molecular complexity index is 501. The maximum Gasteiger partial charge on any atom is 0.263 e. The van der Waals surface area contributed by atoms with Crippen LogP contribution in [0.1, 0.15) is 60.8 Å². The fourth-order valence-electron chi connectivity index (χ4n) is 5.27. The Hall–Kier alpha value is -0.900. The molecule has 5 rings (SSSR count). The fourth-order valence-corrected chi connectivity index (χ4v) is 6.04. The van der Waals surface area contributed by atoms with E-state index in [1.54, 1.807) is 5.51 Å². The summed E-state index contributed by atoms with van der Waals surface area (Å²) in [7, 11) is 0. The molecule has 0 atom stereocenters. The molecule has 20 heavy (non-hydrogen) atoms. The minimum Gasteiger partial charge on any atom is -0.346 e. The lowest BCUT2D eigenvalue weighted by atomic mass is 9.53. The lowest BCUT2D eigenvalue weighted by molar-refractivity contribution is -0.0166. The second kappa shape index (κ2) is 4.55. The molecule has 0 spiro atoms. The number of aromatic nitrogens is 1. The molecule has 4 bridgehead atoms. The van der Waals surface area contributed by atoms with Gasteiger partial charge in [-0.3, -0.25) is 4.79 Å². The van der Waals surface area contributed by atoms with Crippen LogP contribution in [0.4, 0.5) is 0 Å². The van der Waals surface area contributed by atoms with Gasteiger partial charge < -0.3 is 5.32 Å². The minimum absolute atomic E-state index is 0.112. The van der Waals surface area contributed by atoms with E-state index in [0.717, 1.165) is 34.7 Å². The van der Waals surface area contributed by atoms with Gasteiger partial charge in [-0.2, -0.15) is 0 Å². The van der Waals surface area contributed by atoms with E-state index in [9.17, 15) is 4.79 Å². The standard InChI is InChI=1S/C16H22N2OS/c1-2-13-14(20-9-17-13)15(19)18-16-6-10-3-11(7-16)5-12(4-10)8-16/h9-12H,2-8H2,1H3,(H,18,19). The first-order chi connectivity index (χ1) is 9.67. The highest BCUT2D eigenvalue weighted by Gasteiger charge is 2.51. The van der Waals surface area contributed by atoms with Crippen molar-refractivity contribution in [2.24, 2.45) is 17.8 Å². The summed E-state index contributed by atoms with van der Waals surface area (Å²) in [5.74, 6) is 2.74. The molecule has 4 fully saturated rings. The average molecular weight is 290 g/mol. The molecule has 0 aromatic carbocycles. The zero-order valence-corrected chi connectivity index (χ0v) is 12.8. The number of carbonyl (C=O) groups is 1. The topological polar surface area (TPSA) is 42.0 Å². The zero-order valence-electron chi connectivity index (χ0n) is 12.0. The van der Waals surface area contributed by atoms with Gasteiger partial charge in [0.1, 0.15) is 4.88 Å². The van der Waals surface area contributed by atoms with Gasteiger partial charge in [-0.05, 0) is 62.7 Å². The lowest BCUT2D eigenvalue weighted by Crippen LogP contribution is -2.59. The molecule has 4 saturated carbocycles. The predicted octanol–water partition coefficient (Wildman–Crippen LogP) is 3.40. The number of amides is 1. The van der Waals surface area contributed by atoms with Crippen molar-refractivity contribution in [2.45, 2.75) is 57.4 Å². The van der Waals surface area contributed by atoms with E-state index in [-0.39, 0.29) is 11.4 Å². The molecule has 1 heterocycles. The van der Waals surface area contributed by atoms with Gasteiger partial charge in [-0.1, -0.05) is 6.92 Å². The number of hydrogen-bond donors (Lipinski definition) is 1. The average Bonchev–Trinajstić information content (AvgIpc) is 2.84. The van der Waals surface area contributed by atoms with Crippen molar-refractivity contribution in [2.75, 3.05) is 0 Å². The number of nitrogens with one attached hydrogen (secondary N) is 1. The Balaban J connectivity index is 1.55. The van der Waals surface area contributed by atoms with E-state index in [0.29, 0.717) is 0 Å². The highest BCUT2D eigenvalue weighted by Crippen LogP contribution is 2.55. The molecule has 0 unspecified atom stereocenters. The summed E-state index contributed by atoms with van der Waals surface area (Å²) >= 11 is 1.49. The van der Waals surface area contributed by atoms with E-state index >= 15 is 0 Å². The molecule has 3 nitrogen and oxygen atoms in total. The van der Waals surface area contributed by atoms with Crippen LogP contribution in [-0.4, -0.2) is 16.4 Å². The second-order valence-electron chi connectivity index (χ2n) is 7.13. The number of thiazole rings is 1. The summed E-state index contributed by atoms with van der Waals surface area (Å²) in [6, 6.07) is 0. The zero-order chi connectivity index (χ0) is 13.7. The van der Waals surface area contributed by atoms with Gasteiger partial charge in [0.05, 0.1) is 11.2 Å². The molecule has 4 aliphatic rings. The smallest absolute Gasteiger partial charge is 0.263 e. The largest absolute Gasteiger partial charge is 0.346 e. The molecule has 1 amide bonds. The van der Waals surface area contributed by atoms with Crippen molar-refractivity contribution in [3.8, 4) is 0 Å². The van der Waals surface area contributed by atoms with Gasteiger partial charge in [-0.25, -0.2) is 4.98 Å².